The third-order valence-electron chi connectivity index (χ3n) is 7.60. The smallest absolute Gasteiger partial charge is 0.264 e. The SMILES string of the molecule is CCC(C(=O)NC1CCCC1)N(Cc1ccc(C)cc1)C(=O)CN(c1ccc(F)cc1)S(=O)(=O)c1ccc(OC)cc1. The number of aryl methyl sites for hydroxylation is 1. The number of rotatable bonds is 12. The molecule has 10 heteroatoms. The minimum absolute atomic E-state index is 0.0588. The molecule has 0 bridgehead atoms. The van der Waals surface area contributed by atoms with E-state index >= 15 is 0 Å². The molecule has 1 unspecified atom stereocenters. The maximum absolute atomic E-state index is 14.1. The predicted molar refractivity (Wildman–Crippen MR) is 160 cm³/mol. The van der Waals surface area contributed by atoms with E-state index < -0.39 is 34.3 Å². The first-order valence-corrected chi connectivity index (χ1v) is 15.6. The predicted octanol–water partition coefficient (Wildman–Crippen LogP) is 5.20. The zero-order chi connectivity index (χ0) is 30.3. The molecule has 1 N–H and O–H groups in total. The first-order valence-electron chi connectivity index (χ1n) is 14.2. The highest BCUT2D eigenvalue weighted by molar-refractivity contribution is 7.92. The molecule has 0 aliphatic heterocycles. The van der Waals surface area contributed by atoms with Gasteiger partial charge in [0.15, 0.2) is 0 Å². The van der Waals surface area contributed by atoms with Crippen molar-refractivity contribution in [3.63, 3.8) is 0 Å². The Balaban J connectivity index is 1.70. The molecular weight excluding hydrogens is 557 g/mol. The zero-order valence-corrected chi connectivity index (χ0v) is 25.1. The van der Waals surface area contributed by atoms with E-state index in [1.807, 2.05) is 38.1 Å². The van der Waals surface area contributed by atoms with Gasteiger partial charge in [-0.05, 0) is 80.3 Å². The summed E-state index contributed by atoms with van der Waals surface area (Å²) in [5.41, 5.74) is 1.99. The van der Waals surface area contributed by atoms with Gasteiger partial charge in [0.1, 0.15) is 24.2 Å². The maximum Gasteiger partial charge on any atom is 0.264 e. The van der Waals surface area contributed by atoms with Crippen LogP contribution in [0.3, 0.4) is 0 Å². The molecule has 1 atom stereocenters. The van der Waals surface area contributed by atoms with Gasteiger partial charge < -0.3 is 15.0 Å². The zero-order valence-electron chi connectivity index (χ0n) is 24.3. The molecule has 1 aliphatic rings. The van der Waals surface area contributed by atoms with Gasteiger partial charge in [0, 0.05) is 12.6 Å². The quantitative estimate of drug-likeness (QED) is 0.310. The first-order chi connectivity index (χ1) is 20.1. The summed E-state index contributed by atoms with van der Waals surface area (Å²) in [4.78, 5) is 29.0. The summed E-state index contributed by atoms with van der Waals surface area (Å²) in [5.74, 6) is -0.870. The number of nitrogens with one attached hydrogen (secondary N) is 1. The third kappa shape index (κ3) is 7.47. The fraction of sp³-hybridized carbons (Fsp3) is 0.375. The second-order valence-electron chi connectivity index (χ2n) is 10.6. The number of amides is 2. The van der Waals surface area contributed by atoms with Gasteiger partial charge in [0.2, 0.25) is 11.8 Å². The minimum Gasteiger partial charge on any atom is -0.497 e. The summed E-state index contributed by atoms with van der Waals surface area (Å²) in [6.07, 6.45) is 4.23. The van der Waals surface area contributed by atoms with Crippen LogP contribution >= 0.6 is 0 Å². The molecule has 3 aromatic rings. The monoisotopic (exact) mass is 595 g/mol. The molecule has 42 heavy (non-hydrogen) atoms. The Kier molecular flexibility index (Phi) is 10.2. The normalized spacial score (nSPS) is 14.3. The van der Waals surface area contributed by atoms with Crippen molar-refractivity contribution >= 4 is 27.5 Å². The summed E-state index contributed by atoms with van der Waals surface area (Å²) in [5, 5.41) is 3.10. The van der Waals surface area contributed by atoms with Crippen LogP contribution in [0.5, 0.6) is 5.75 Å². The molecule has 0 spiro atoms. The Morgan fingerprint density at radius 2 is 1.60 bits per heavy atom. The van der Waals surface area contributed by atoms with Crippen LogP contribution in [0.2, 0.25) is 0 Å². The fourth-order valence-electron chi connectivity index (χ4n) is 5.19. The molecule has 0 aromatic heterocycles. The van der Waals surface area contributed by atoms with Crippen LogP contribution in [-0.2, 0) is 26.2 Å². The Hall–Kier alpha value is -3.92. The highest BCUT2D eigenvalue weighted by Gasteiger charge is 2.34. The van der Waals surface area contributed by atoms with E-state index in [-0.39, 0.29) is 29.1 Å². The van der Waals surface area contributed by atoms with E-state index in [0.29, 0.717) is 12.2 Å². The second kappa shape index (κ2) is 13.8. The van der Waals surface area contributed by atoms with Crippen LogP contribution in [0, 0.1) is 12.7 Å². The summed E-state index contributed by atoms with van der Waals surface area (Å²) in [7, 11) is -2.79. The molecular formula is C32H38FN3O5S. The van der Waals surface area contributed by atoms with Crippen LogP contribution in [0.1, 0.15) is 50.2 Å². The van der Waals surface area contributed by atoms with Crippen LogP contribution in [-0.4, -0.2) is 50.9 Å². The van der Waals surface area contributed by atoms with Gasteiger partial charge >= 0.3 is 0 Å². The molecule has 3 aromatic carbocycles. The lowest BCUT2D eigenvalue weighted by molar-refractivity contribution is -0.140. The van der Waals surface area contributed by atoms with Crippen LogP contribution in [0.4, 0.5) is 10.1 Å². The van der Waals surface area contributed by atoms with Crippen molar-refractivity contribution in [2.45, 2.75) is 69.5 Å². The lowest BCUT2D eigenvalue weighted by Crippen LogP contribution is -2.53. The number of halogens is 1. The minimum atomic E-state index is -4.26. The van der Waals surface area contributed by atoms with E-state index in [2.05, 4.69) is 5.32 Å². The maximum atomic E-state index is 14.1. The van der Waals surface area contributed by atoms with Gasteiger partial charge in [-0.25, -0.2) is 12.8 Å². The Labute approximate surface area is 247 Å². The lowest BCUT2D eigenvalue weighted by Gasteiger charge is -2.33. The molecule has 0 saturated heterocycles. The molecule has 1 aliphatic carbocycles. The molecule has 0 heterocycles. The Morgan fingerprint density at radius 3 is 2.17 bits per heavy atom. The van der Waals surface area contributed by atoms with E-state index in [9.17, 15) is 22.4 Å². The van der Waals surface area contributed by atoms with E-state index in [4.69, 9.17) is 4.74 Å². The van der Waals surface area contributed by atoms with Crippen molar-refractivity contribution in [2.24, 2.45) is 0 Å². The van der Waals surface area contributed by atoms with Gasteiger partial charge in [-0.1, -0.05) is 49.6 Å². The number of hydrogen-bond donors (Lipinski definition) is 1. The number of hydrogen-bond acceptors (Lipinski definition) is 5. The largest absolute Gasteiger partial charge is 0.497 e. The van der Waals surface area contributed by atoms with Gasteiger partial charge in [0.25, 0.3) is 10.0 Å². The average molecular weight is 596 g/mol. The topological polar surface area (TPSA) is 96.0 Å². The van der Waals surface area contributed by atoms with E-state index in [1.54, 1.807) is 0 Å². The lowest BCUT2D eigenvalue weighted by atomic mass is 10.1. The van der Waals surface area contributed by atoms with E-state index in [0.717, 1.165) is 53.2 Å². The standard InChI is InChI=1S/C32H38FN3O5S/c1-4-30(32(38)34-26-7-5-6-8-26)35(21-24-11-9-23(2)10-12-24)31(37)22-36(27-15-13-25(33)14-16-27)42(39,40)29-19-17-28(41-3)18-20-29/h9-20,26,30H,4-8,21-22H2,1-3H3,(H,34,38). The highest BCUT2D eigenvalue weighted by atomic mass is 32.2. The van der Waals surface area contributed by atoms with Gasteiger partial charge in [-0.2, -0.15) is 0 Å². The van der Waals surface area contributed by atoms with Gasteiger partial charge in [-0.3, -0.25) is 13.9 Å². The number of nitrogens with zero attached hydrogens (tertiary/aromatic N) is 2. The molecule has 1 saturated carbocycles. The number of ether oxygens (including phenoxy) is 1. The van der Waals surface area contributed by atoms with E-state index in [1.165, 1.54) is 48.4 Å². The van der Waals surface area contributed by atoms with Crippen molar-refractivity contribution in [3.05, 3.63) is 89.7 Å². The molecule has 1 fully saturated rings. The summed E-state index contributed by atoms with van der Waals surface area (Å²) in [6.45, 7) is 3.33. The number of benzene rings is 3. The summed E-state index contributed by atoms with van der Waals surface area (Å²) in [6, 6.07) is 17.6. The van der Waals surface area contributed by atoms with Crippen molar-refractivity contribution in [1.29, 1.82) is 0 Å². The highest BCUT2D eigenvalue weighted by Crippen LogP contribution is 2.27. The van der Waals surface area contributed by atoms with Crippen molar-refractivity contribution in [3.8, 4) is 5.75 Å². The molecule has 0 radical (unpaired) electrons. The Bertz CT molecular complexity index is 1460. The van der Waals surface area contributed by atoms with Crippen molar-refractivity contribution in [1.82, 2.24) is 10.2 Å². The number of methoxy groups -OCH3 is 1. The number of carbonyl (C=O) groups excluding carboxylic acids is 2. The summed E-state index contributed by atoms with van der Waals surface area (Å²) < 4.78 is 47.8. The first kappa shape index (κ1) is 31.0. The van der Waals surface area contributed by atoms with Gasteiger partial charge in [0.05, 0.1) is 17.7 Å². The van der Waals surface area contributed by atoms with Crippen LogP contribution in [0.15, 0.2) is 77.7 Å². The molecule has 224 valence electrons. The van der Waals surface area contributed by atoms with Crippen molar-refractivity contribution in [2.75, 3.05) is 18.0 Å². The molecule has 4 rings (SSSR count). The van der Waals surface area contributed by atoms with Crippen LogP contribution in [0.25, 0.3) is 0 Å². The van der Waals surface area contributed by atoms with Gasteiger partial charge in [-0.15, -0.1) is 0 Å². The molecule has 2 amide bonds. The third-order valence-corrected chi connectivity index (χ3v) is 9.39. The fourth-order valence-corrected chi connectivity index (χ4v) is 6.60. The number of anilines is 1. The summed E-state index contributed by atoms with van der Waals surface area (Å²) >= 11 is 0. The molecule has 8 nitrogen and oxygen atoms in total. The Morgan fingerprint density at radius 1 is 0.976 bits per heavy atom. The average Bonchev–Trinajstić information content (AvgIpc) is 3.50. The van der Waals surface area contributed by atoms with Crippen molar-refractivity contribution < 1.29 is 27.1 Å². The number of carbonyl (C=O) groups is 2. The number of sulfonamides is 1. The second-order valence-corrected chi connectivity index (χ2v) is 12.4. The van der Waals surface area contributed by atoms with Crippen LogP contribution < -0.4 is 14.4 Å².